The summed E-state index contributed by atoms with van der Waals surface area (Å²) in [5.74, 6) is -1.49. The first-order valence-corrected chi connectivity index (χ1v) is 8.31. The lowest BCUT2D eigenvalue weighted by molar-refractivity contribution is -0.135. The molecule has 0 aliphatic carbocycles. The van der Waals surface area contributed by atoms with E-state index in [-0.39, 0.29) is 0 Å². The molecular formula is C13H17N3O4S. The van der Waals surface area contributed by atoms with Crippen molar-refractivity contribution in [1.82, 2.24) is 5.32 Å². The van der Waals surface area contributed by atoms with Crippen molar-refractivity contribution >= 4 is 33.2 Å². The predicted molar refractivity (Wildman–Crippen MR) is 79.6 cm³/mol. The Balaban J connectivity index is 2.28. The van der Waals surface area contributed by atoms with Crippen molar-refractivity contribution < 1.29 is 18.0 Å². The van der Waals surface area contributed by atoms with Crippen molar-refractivity contribution in [2.45, 2.75) is 12.8 Å². The van der Waals surface area contributed by atoms with Crippen molar-refractivity contribution in [2.24, 2.45) is 0 Å². The molecule has 1 aliphatic heterocycles. The van der Waals surface area contributed by atoms with Gasteiger partial charge in [0.2, 0.25) is 10.0 Å². The molecule has 0 fully saturated rings. The Bertz CT molecular complexity index is 685. The van der Waals surface area contributed by atoms with E-state index in [1.54, 1.807) is 18.2 Å². The van der Waals surface area contributed by atoms with Gasteiger partial charge in [-0.3, -0.25) is 13.9 Å². The van der Waals surface area contributed by atoms with Crippen LogP contribution in [0.25, 0.3) is 0 Å². The number of nitrogens with zero attached hydrogens (tertiary/aromatic N) is 1. The number of rotatable bonds is 2. The predicted octanol–water partition coefficient (Wildman–Crippen LogP) is 0.0833. The molecule has 0 bridgehead atoms. The maximum atomic E-state index is 11.7. The third-order valence-corrected chi connectivity index (χ3v) is 4.43. The Labute approximate surface area is 123 Å². The number of nitrogens with one attached hydrogen (secondary N) is 2. The van der Waals surface area contributed by atoms with Crippen LogP contribution in [0.15, 0.2) is 18.2 Å². The molecule has 0 saturated heterocycles. The van der Waals surface area contributed by atoms with E-state index in [1.165, 1.54) is 17.6 Å². The second-order valence-corrected chi connectivity index (χ2v) is 6.72. The van der Waals surface area contributed by atoms with Crippen molar-refractivity contribution in [3.63, 3.8) is 0 Å². The summed E-state index contributed by atoms with van der Waals surface area (Å²) in [6.07, 6.45) is 2.61. The molecule has 0 spiro atoms. The minimum Gasteiger partial charge on any atom is -0.351 e. The molecular weight excluding hydrogens is 294 g/mol. The van der Waals surface area contributed by atoms with Crippen LogP contribution in [0.1, 0.15) is 12.0 Å². The van der Waals surface area contributed by atoms with Crippen LogP contribution < -0.4 is 14.9 Å². The van der Waals surface area contributed by atoms with Crippen LogP contribution in [0.2, 0.25) is 0 Å². The molecule has 0 radical (unpaired) electrons. The minimum absolute atomic E-state index is 0.454. The highest BCUT2D eigenvalue weighted by atomic mass is 32.2. The Morgan fingerprint density at radius 2 is 1.95 bits per heavy atom. The average molecular weight is 311 g/mol. The molecule has 2 amide bonds. The summed E-state index contributed by atoms with van der Waals surface area (Å²) in [5, 5.41) is 4.71. The standard InChI is InChI=1S/C13H17N3O4S/c1-14-12(17)13(18)15-10-5-6-11-9(8-10)4-3-7-16(11)21(2,19)20/h5-6,8H,3-4,7H2,1-2H3,(H,14,17)(H,15,18). The number of amides is 2. The number of anilines is 2. The second-order valence-electron chi connectivity index (χ2n) is 4.82. The molecule has 1 aliphatic rings. The lowest BCUT2D eigenvalue weighted by atomic mass is 10.0. The lowest BCUT2D eigenvalue weighted by Crippen LogP contribution is -2.35. The summed E-state index contributed by atoms with van der Waals surface area (Å²) < 4.78 is 24.8. The number of fused-ring (bicyclic) bond motifs is 1. The van der Waals surface area contributed by atoms with Crippen LogP contribution in [0.3, 0.4) is 0 Å². The van der Waals surface area contributed by atoms with E-state index >= 15 is 0 Å². The van der Waals surface area contributed by atoms with Gasteiger partial charge in [0, 0.05) is 19.3 Å². The number of carbonyl (C=O) groups is 2. The molecule has 8 heteroatoms. The van der Waals surface area contributed by atoms with E-state index < -0.39 is 21.8 Å². The number of likely N-dealkylation sites (N-methyl/N-ethyl adjacent to an activating group) is 1. The number of sulfonamides is 1. The minimum atomic E-state index is -3.31. The largest absolute Gasteiger partial charge is 0.351 e. The maximum Gasteiger partial charge on any atom is 0.313 e. The third-order valence-electron chi connectivity index (χ3n) is 3.25. The number of hydrogen-bond donors (Lipinski definition) is 2. The highest BCUT2D eigenvalue weighted by molar-refractivity contribution is 7.92. The van der Waals surface area contributed by atoms with Gasteiger partial charge in [-0.2, -0.15) is 0 Å². The van der Waals surface area contributed by atoms with Crippen LogP contribution in [0.5, 0.6) is 0 Å². The number of hydrogen-bond acceptors (Lipinski definition) is 4. The van der Waals surface area contributed by atoms with E-state index in [0.717, 1.165) is 12.0 Å². The van der Waals surface area contributed by atoms with Gasteiger partial charge >= 0.3 is 11.8 Å². The van der Waals surface area contributed by atoms with E-state index in [2.05, 4.69) is 10.6 Å². The van der Waals surface area contributed by atoms with Crippen LogP contribution in [-0.2, 0) is 26.0 Å². The molecule has 21 heavy (non-hydrogen) atoms. The molecule has 0 aromatic heterocycles. The molecule has 114 valence electrons. The Morgan fingerprint density at radius 3 is 2.57 bits per heavy atom. The lowest BCUT2D eigenvalue weighted by Gasteiger charge is -2.29. The van der Waals surface area contributed by atoms with Crippen LogP contribution in [0, 0.1) is 0 Å². The monoisotopic (exact) mass is 311 g/mol. The second kappa shape index (κ2) is 5.72. The molecule has 2 N–H and O–H groups in total. The maximum absolute atomic E-state index is 11.7. The van der Waals surface area contributed by atoms with E-state index in [0.29, 0.717) is 24.3 Å². The fourth-order valence-electron chi connectivity index (χ4n) is 2.29. The fraction of sp³-hybridized carbons (Fsp3) is 0.385. The molecule has 1 heterocycles. The van der Waals surface area contributed by atoms with Crippen molar-refractivity contribution in [1.29, 1.82) is 0 Å². The normalized spacial score (nSPS) is 14.3. The quantitative estimate of drug-likeness (QED) is 0.756. The van der Waals surface area contributed by atoms with E-state index in [1.807, 2.05) is 0 Å². The van der Waals surface area contributed by atoms with E-state index in [4.69, 9.17) is 0 Å². The van der Waals surface area contributed by atoms with Gasteiger partial charge < -0.3 is 10.6 Å². The number of carbonyl (C=O) groups excluding carboxylic acids is 2. The summed E-state index contributed by atoms with van der Waals surface area (Å²) >= 11 is 0. The van der Waals surface area contributed by atoms with Gasteiger partial charge in [0.15, 0.2) is 0 Å². The number of aryl methyl sites for hydroxylation is 1. The summed E-state index contributed by atoms with van der Waals surface area (Å²) in [7, 11) is -1.94. The molecule has 0 saturated carbocycles. The topological polar surface area (TPSA) is 95.6 Å². The van der Waals surface area contributed by atoms with E-state index in [9.17, 15) is 18.0 Å². The smallest absolute Gasteiger partial charge is 0.313 e. The van der Waals surface area contributed by atoms with Gasteiger partial charge in [-0.25, -0.2) is 8.42 Å². The Morgan fingerprint density at radius 1 is 1.24 bits per heavy atom. The zero-order valence-electron chi connectivity index (χ0n) is 11.8. The summed E-state index contributed by atoms with van der Waals surface area (Å²) in [6.45, 7) is 0.454. The van der Waals surface area contributed by atoms with Crippen LogP contribution >= 0.6 is 0 Å². The summed E-state index contributed by atoms with van der Waals surface area (Å²) in [4.78, 5) is 22.7. The van der Waals surface area contributed by atoms with Crippen LogP contribution in [-0.4, -0.2) is 40.1 Å². The Hall–Kier alpha value is -2.09. The zero-order valence-corrected chi connectivity index (χ0v) is 12.7. The van der Waals surface area contributed by atoms with Crippen molar-refractivity contribution in [2.75, 3.05) is 29.5 Å². The van der Waals surface area contributed by atoms with Gasteiger partial charge in [0.1, 0.15) is 0 Å². The molecule has 1 aromatic carbocycles. The first-order valence-electron chi connectivity index (χ1n) is 6.46. The van der Waals surface area contributed by atoms with Crippen molar-refractivity contribution in [3.8, 4) is 0 Å². The van der Waals surface area contributed by atoms with Crippen molar-refractivity contribution in [3.05, 3.63) is 23.8 Å². The average Bonchev–Trinajstić information content (AvgIpc) is 2.44. The third kappa shape index (κ3) is 3.33. The molecule has 0 unspecified atom stereocenters. The first-order chi connectivity index (χ1) is 9.82. The van der Waals surface area contributed by atoms with Crippen LogP contribution in [0.4, 0.5) is 11.4 Å². The van der Waals surface area contributed by atoms with Gasteiger partial charge in [-0.1, -0.05) is 0 Å². The molecule has 7 nitrogen and oxygen atoms in total. The van der Waals surface area contributed by atoms with Gasteiger partial charge in [0.05, 0.1) is 11.9 Å². The zero-order chi connectivity index (χ0) is 15.6. The highest BCUT2D eigenvalue weighted by Crippen LogP contribution is 2.31. The fourth-order valence-corrected chi connectivity index (χ4v) is 3.28. The first kappa shape index (κ1) is 15.3. The van der Waals surface area contributed by atoms with Gasteiger partial charge in [0.25, 0.3) is 0 Å². The Kier molecular flexibility index (Phi) is 4.17. The summed E-state index contributed by atoms with van der Waals surface area (Å²) in [6, 6.07) is 4.94. The molecule has 1 aromatic rings. The van der Waals surface area contributed by atoms with Gasteiger partial charge in [-0.15, -0.1) is 0 Å². The SMILES string of the molecule is CNC(=O)C(=O)Nc1ccc2c(c1)CCCN2S(C)(=O)=O. The number of benzene rings is 1. The summed E-state index contributed by atoms with van der Waals surface area (Å²) in [5.41, 5.74) is 1.93. The molecule has 0 atom stereocenters. The highest BCUT2D eigenvalue weighted by Gasteiger charge is 2.24. The van der Waals surface area contributed by atoms with Gasteiger partial charge in [-0.05, 0) is 36.6 Å². The molecule has 2 rings (SSSR count).